The Hall–Kier alpha value is -0.870. The van der Waals surface area contributed by atoms with Crippen LogP contribution in [0.25, 0.3) is 6.08 Å². The Labute approximate surface area is 78.4 Å². The molecular formula is C7H6ClNO2S. The zero-order valence-electron chi connectivity index (χ0n) is 6.07. The minimum Gasteiger partial charge on any atom is -0.264 e. The molecule has 0 atom stereocenters. The summed E-state index contributed by atoms with van der Waals surface area (Å²) in [6, 6.07) is 1.76. The van der Waals surface area contributed by atoms with Gasteiger partial charge in [-0.2, -0.15) is 0 Å². The maximum Gasteiger partial charge on any atom is 0.222 e. The third kappa shape index (κ3) is 2.64. The van der Waals surface area contributed by atoms with E-state index in [1.165, 1.54) is 17.4 Å². The largest absolute Gasteiger partial charge is 0.264 e. The predicted octanol–water partition coefficient (Wildman–Crippen LogP) is 2.69. The quantitative estimate of drug-likeness (QED) is 0.560. The lowest BCUT2D eigenvalue weighted by Crippen LogP contribution is -1.95. The Balaban J connectivity index is 2.57. The molecule has 1 rings (SSSR count). The minimum absolute atomic E-state index is 0.159. The second kappa shape index (κ2) is 4.23. The van der Waals surface area contributed by atoms with E-state index in [1.54, 1.807) is 12.1 Å². The molecule has 0 bridgehead atoms. The minimum atomic E-state index is -0.391. The molecule has 0 spiro atoms. The Morgan fingerprint density at radius 1 is 1.75 bits per heavy atom. The molecule has 3 nitrogen and oxygen atoms in total. The molecule has 0 aromatic carbocycles. The van der Waals surface area contributed by atoms with Crippen LogP contribution in [-0.4, -0.2) is 11.5 Å². The molecule has 1 heterocycles. The molecule has 0 radical (unpaired) electrons. The molecule has 0 amide bonds. The highest BCUT2D eigenvalue weighted by molar-refractivity contribution is 7.11. The van der Waals surface area contributed by atoms with Crippen molar-refractivity contribution in [3.05, 3.63) is 37.5 Å². The van der Waals surface area contributed by atoms with Crippen molar-refractivity contribution >= 4 is 29.0 Å². The molecule has 0 unspecified atom stereocenters. The summed E-state index contributed by atoms with van der Waals surface area (Å²) < 4.78 is 0. The van der Waals surface area contributed by atoms with Crippen LogP contribution in [0.3, 0.4) is 0 Å². The number of thiophene rings is 1. The van der Waals surface area contributed by atoms with Crippen molar-refractivity contribution in [2.24, 2.45) is 0 Å². The molecule has 0 N–H and O–H groups in total. The Morgan fingerprint density at radius 2 is 2.50 bits per heavy atom. The van der Waals surface area contributed by atoms with Crippen molar-refractivity contribution in [2.45, 2.75) is 0 Å². The van der Waals surface area contributed by atoms with E-state index in [9.17, 15) is 10.1 Å². The van der Waals surface area contributed by atoms with Gasteiger partial charge in [-0.1, -0.05) is 11.6 Å². The van der Waals surface area contributed by atoms with Crippen LogP contribution in [0.5, 0.6) is 0 Å². The van der Waals surface area contributed by atoms with E-state index < -0.39 is 4.92 Å². The van der Waals surface area contributed by atoms with Gasteiger partial charge in [-0.05, 0) is 23.6 Å². The van der Waals surface area contributed by atoms with E-state index in [1.807, 2.05) is 5.38 Å². The summed E-state index contributed by atoms with van der Waals surface area (Å²) in [4.78, 5) is 10.4. The lowest BCUT2D eigenvalue weighted by molar-refractivity contribution is -0.468. The zero-order valence-corrected chi connectivity index (χ0v) is 7.64. The summed E-state index contributed by atoms with van der Waals surface area (Å²) in [5.41, 5.74) is 0. The summed E-state index contributed by atoms with van der Waals surface area (Å²) in [7, 11) is 0. The van der Waals surface area contributed by atoms with Crippen molar-refractivity contribution in [2.75, 3.05) is 6.54 Å². The number of rotatable bonds is 3. The number of nitro groups is 1. The second-order valence-electron chi connectivity index (χ2n) is 2.05. The molecule has 5 heteroatoms. The van der Waals surface area contributed by atoms with Crippen LogP contribution >= 0.6 is 22.9 Å². The number of hydrogen-bond donors (Lipinski definition) is 0. The third-order valence-electron chi connectivity index (χ3n) is 1.17. The summed E-state index contributed by atoms with van der Waals surface area (Å²) in [6.45, 7) is -0.159. The topological polar surface area (TPSA) is 43.1 Å². The SMILES string of the molecule is O=[N+]([O-])CC=Cc1sccc1Cl. The second-order valence-corrected chi connectivity index (χ2v) is 3.41. The molecule has 0 saturated carbocycles. The molecule has 0 aliphatic rings. The van der Waals surface area contributed by atoms with E-state index >= 15 is 0 Å². The summed E-state index contributed by atoms with van der Waals surface area (Å²) in [5, 5.41) is 12.4. The standard InChI is InChI=1S/C7H6ClNO2S/c8-6-3-5-12-7(6)2-1-4-9(10)11/h1-3,5H,4H2. The van der Waals surface area contributed by atoms with Gasteiger partial charge in [0.25, 0.3) is 0 Å². The van der Waals surface area contributed by atoms with E-state index in [0.717, 1.165) is 4.88 Å². The van der Waals surface area contributed by atoms with Gasteiger partial charge < -0.3 is 0 Å². The van der Waals surface area contributed by atoms with Gasteiger partial charge in [0.15, 0.2) is 0 Å². The van der Waals surface area contributed by atoms with Crippen LogP contribution in [0.2, 0.25) is 5.02 Å². The van der Waals surface area contributed by atoms with E-state index in [4.69, 9.17) is 11.6 Å². The Morgan fingerprint density at radius 3 is 3.00 bits per heavy atom. The first kappa shape index (κ1) is 9.22. The molecule has 64 valence electrons. The third-order valence-corrected chi connectivity index (χ3v) is 2.49. The molecular weight excluding hydrogens is 198 g/mol. The van der Waals surface area contributed by atoms with Crippen molar-refractivity contribution in [3.63, 3.8) is 0 Å². The molecule has 12 heavy (non-hydrogen) atoms. The smallest absolute Gasteiger partial charge is 0.222 e. The molecule has 1 aromatic heterocycles. The fourth-order valence-corrected chi connectivity index (χ4v) is 1.71. The Bertz CT molecular complexity index is 308. The van der Waals surface area contributed by atoms with Crippen LogP contribution < -0.4 is 0 Å². The van der Waals surface area contributed by atoms with E-state index in [0.29, 0.717) is 5.02 Å². The van der Waals surface area contributed by atoms with Gasteiger partial charge in [0, 0.05) is 9.80 Å². The zero-order chi connectivity index (χ0) is 8.97. The van der Waals surface area contributed by atoms with Gasteiger partial charge >= 0.3 is 0 Å². The lowest BCUT2D eigenvalue weighted by atomic mass is 10.4. The number of hydrogen-bond acceptors (Lipinski definition) is 3. The fraction of sp³-hybridized carbons (Fsp3) is 0.143. The average molecular weight is 204 g/mol. The summed E-state index contributed by atoms with van der Waals surface area (Å²) >= 11 is 7.20. The summed E-state index contributed by atoms with van der Waals surface area (Å²) in [6.07, 6.45) is 3.15. The van der Waals surface area contributed by atoms with Crippen molar-refractivity contribution in [1.29, 1.82) is 0 Å². The highest BCUT2D eigenvalue weighted by atomic mass is 35.5. The number of halogens is 1. The van der Waals surface area contributed by atoms with Gasteiger partial charge in [-0.3, -0.25) is 10.1 Å². The lowest BCUT2D eigenvalue weighted by Gasteiger charge is -1.85. The van der Waals surface area contributed by atoms with Gasteiger partial charge in [-0.15, -0.1) is 11.3 Å². The fourth-order valence-electron chi connectivity index (χ4n) is 0.670. The van der Waals surface area contributed by atoms with Crippen LogP contribution in [-0.2, 0) is 0 Å². The van der Waals surface area contributed by atoms with Crippen LogP contribution in [0.15, 0.2) is 17.5 Å². The van der Waals surface area contributed by atoms with Gasteiger partial charge in [0.2, 0.25) is 6.54 Å². The average Bonchev–Trinajstić information content (AvgIpc) is 2.36. The first-order chi connectivity index (χ1) is 5.70. The normalized spacial score (nSPS) is 10.8. The van der Waals surface area contributed by atoms with Crippen LogP contribution in [0.4, 0.5) is 0 Å². The molecule has 0 aliphatic carbocycles. The highest BCUT2D eigenvalue weighted by Crippen LogP contribution is 2.22. The molecule has 0 saturated heterocycles. The first-order valence-electron chi connectivity index (χ1n) is 3.21. The van der Waals surface area contributed by atoms with Gasteiger partial charge in [-0.25, -0.2) is 0 Å². The maximum absolute atomic E-state index is 9.94. The summed E-state index contributed by atoms with van der Waals surface area (Å²) in [5.74, 6) is 0. The molecule has 1 aromatic rings. The van der Waals surface area contributed by atoms with Crippen LogP contribution in [0, 0.1) is 10.1 Å². The van der Waals surface area contributed by atoms with Crippen molar-refractivity contribution in [1.82, 2.24) is 0 Å². The molecule has 0 fully saturated rings. The highest BCUT2D eigenvalue weighted by Gasteiger charge is 1.96. The first-order valence-corrected chi connectivity index (χ1v) is 4.47. The maximum atomic E-state index is 9.94. The van der Waals surface area contributed by atoms with Gasteiger partial charge in [0.05, 0.1) is 5.02 Å². The Kier molecular flexibility index (Phi) is 3.25. The van der Waals surface area contributed by atoms with E-state index in [2.05, 4.69) is 0 Å². The number of nitrogens with zero attached hydrogens (tertiary/aromatic N) is 1. The van der Waals surface area contributed by atoms with Crippen molar-refractivity contribution in [3.8, 4) is 0 Å². The van der Waals surface area contributed by atoms with Crippen molar-refractivity contribution < 1.29 is 4.92 Å². The van der Waals surface area contributed by atoms with E-state index in [-0.39, 0.29) is 6.54 Å². The van der Waals surface area contributed by atoms with Crippen LogP contribution in [0.1, 0.15) is 4.88 Å². The predicted molar refractivity (Wildman–Crippen MR) is 50.2 cm³/mol. The monoisotopic (exact) mass is 203 g/mol. The molecule has 0 aliphatic heterocycles. The van der Waals surface area contributed by atoms with Gasteiger partial charge in [0.1, 0.15) is 0 Å².